The van der Waals surface area contributed by atoms with Crippen molar-refractivity contribution in [1.82, 2.24) is 4.57 Å². The highest BCUT2D eigenvalue weighted by Gasteiger charge is 2.39. The molecule has 1 saturated carbocycles. The second-order valence-electron chi connectivity index (χ2n) is 6.25. The van der Waals surface area contributed by atoms with Gasteiger partial charge in [-0.2, -0.15) is 0 Å². The number of esters is 1. The number of carbonyl (C=O) groups is 1. The van der Waals surface area contributed by atoms with Crippen LogP contribution in [0, 0.1) is 5.92 Å². The number of carbonyl (C=O) groups excluding carboxylic acids is 1. The number of hydrogen-bond donors (Lipinski definition) is 0. The van der Waals surface area contributed by atoms with Gasteiger partial charge in [-0.1, -0.05) is 6.07 Å². The number of benzene rings is 1. The molecule has 0 saturated heterocycles. The Hall–Kier alpha value is -2.24. The number of rotatable bonds is 5. The second-order valence-corrected chi connectivity index (χ2v) is 6.25. The van der Waals surface area contributed by atoms with Crippen LogP contribution in [-0.4, -0.2) is 17.1 Å². The zero-order valence-corrected chi connectivity index (χ0v) is 13.6. The van der Waals surface area contributed by atoms with Crippen molar-refractivity contribution in [2.24, 2.45) is 5.92 Å². The number of pyridine rings is 1. The number of ether oxygens (including phenoxy) is 1. The van der Waals surface area contributed by atoms with Crippen molar-refractivity contribution in [1.29, 1.82) is 0 Å². The monoisotopic (exact) mass is 335 g/mol. The molecule has 1 fully saturated rings. The van der Waals surface area contributed by atoms with Crippen LogP contribution in [0.25, 0.3) is 10.8 Å². The summed E-state index contributed by atoms with van der Waals surface area (Å²) in [6.07, 6.45) is 3.24. The minimum absolute atomic E-state index is 0.0958. The van der Waals surface area contributed by atoms with Gasteiger partial charge >= 0.3 is 5.97 Å². The normalized spacial score (nSPS) is 16.2. The first-order chi connectivity index (χ1) is 11.3. The van der Waals surface area contributed by atoms with E-state index in [0.717, 1.165) is 19.8 Å². The van der Waals surface area contributed by atoms with E-state index in [2.05, 4.69) is 0 Å². The first-order valence-corrected chi connectivity index (χ1v) is 8.02. The molecule has 128 valence electrons. The molecule has 1 aromatic carbocycles. The predicted octanol–water partition coefficient (Wildman–Crippen LogP) is 3.63. The first-order valence-electron chi connectivity index (χ1n) is 8.02. The van der Waals surface area contributed by atoms with Crippen LogP contribution in [0.15, 0.2) is 35.3 Å². The van der Waals surface area contributed by atoms with Crippen molar-refractivity contribution in [2.75, 3.05) is 6.61 Å². The Morgan fingerprint density at radius 1 is 1.38 bits per heavy atom. The molecule has 0 aliphatic heterocycles. The molecule has 6 heteroatoms. The van der Waals surface area contributed by atoms with E-state index in [0.29, 0.717) is 10.8 Å². The average molecular weight is 335 g/mol. The van der Waals surface area contributed by atoms with Crippen molar-refractivity contribution in [3.63, 3.8) is 0 Å². The third-order valence-electron chi connectivity index (χ3n) is 4.33. The zero-order chi connectivity index (χ0) is 17.5. The summed E-state index contributed by atoms with van der Waals surface area (Å²) < 4.78 is 33.4. The molecule has 3 rings (SSSR count). The summed E-state index contributed by atoms with van der Waals surface area (Å²) in [6.45, 7) is 2.79. The molecule has 1 heterocycles. The lowest BCUT2D eigenvalue weighted by molar-refractivity contribution is -0.148. The molecule has 1 unspecified atom stereocenters. The Labute approximate surface area is 138 Å². The average Bonchev–Trinajstić information content (AvgIpc) is 3.34. The van der Waals surface area contributed by atoms with Crippen LogP contribution in [0.5, 0.6) is 0 Å². The number of halogens is 2. The van der Waals surface area contributed by atoms with Crippen molar-refractivity contribution in [3.8, 4) is 0 Å². The second kappa shape index (κ2) is 6.00. The van der Waals surface area contributed by atoms with Crippen LogP contribution in [0.3, 0.4) is 0 Å². The molecule has 2 aromatic rings. The summed E-state index contributed by atoms with van der Waals surface area (Å²) in [5.41, 5.74) is -0.500. The van der Waals surface area contributed by atoms with E-state index in [1.165, 1.54) is 29.0 Å². The summed E-state index contributed by atoms with van der Waals surface area (Å²) in [6, 6.07) is 4.92. The summed E-state index contributed by atoms with van der Waals surface area (Å²) in [4.78, 5) is 25.0. The molecule has 1 aliphatic rings. The van der Waals surface area contributed by atoms with Gasteiger partial charge in [0.25, 0.3) is 11.5 Å². The quantitative estimate of drug-likeness (QED) is 0.784. The molecule has 0 amide bonds. The van der Waals surface area contributed by atoms with E-state index in [9.17, 15) is 18.4 Å². The molecule has 1 aromatic heterocycles. The van der Waals surface area contributed by atoms with E-state index >= 15 is 0 Å². The summed E-state index contributed by atoms with van der Waals surface area (Å²) >= 11 is 0. The highest BCUT2D eigenvalue weighted by molar-refractivity contribution is 5.83. The summed E-state index contributed by atoms with van der Waals surface area (Å²) in [5.74, 6) is -3.29. The minimum atomic E-state index is -2.97. The highest BCUT2D eigenvalue weighted by atomic mass is 19.3. The lowest BCUT2D eigenvalue weighted by Gasteiger charge is -2.19. The van der Waals surface area contributed by atoms with E-state index in [1.807, 2.05) is 0 Å². The van der Waals surface area contributed by atoms with Crippen molar-refractivity contribution < 1.29 is 18.3 Å². The third kappa shape index (κ3) is 3.05. The van der Waals surface area contributed by atoms with Crippen LogP contribution in [-0.2, 0) is 15.5 Å². The molecule has 1 aliphatic carbocycles. The predicted molar refractivity (Wildman–Crippen MR) is 86.2 cm³/mol. The topological polar surface area (TPSA) is 48.3 Å². The Bertz CT molecular complexity index is 834. The minimum Gasteiger partial charge on any atom is -0.464 e. The van der Waals surface area contributed by atoms with E-state index < -0.39 is 17.9 Å². The van der Waals surface area contributed by atoms with E-state index in [4.69, 9.17) is 4.74 Å². The zero-order valence-electron chi connectivity index (χ0n) is 13.6. The van der Waals surface area contributed by atoms with Crippen molar-refractivity contribution in [2.45, 2.75) is 38.7 Å². The molecule has 0 N–H and O–H groups in total. The molecule has 0 bridgehead atoms. The van der Waals surface area contributed by atoms with Crippen molar-refractivity contribution >= 4 is 16.7 Å². The lowest BCUT2D eigenvalue weighted by atomic mass is 10.0. The van der Waals surface area contributed by atoms with Gasteiger partial charge in [-0.3, -0.25) is 4.79 Å². The summed E-state index contributed by atoms with van der Waals surface area (Å²) in [7, 11) is 0. The Balaban J connectivity index is 2.08. The fourth-order valence-electron chi connectivity index (χ4n) is 2.93. The largest absolute Gasteiger partial charge is 0.464 e. The lowest BCUT2D eigenvalue weighted by Crippen LogP contribution is -2.32. The van der Waals surface area contributed by atoms with Gasteiger partial charge < -0.3 is 9.30 Å². The third-order valence-corrected chi connectivity index (χ3v) is 4.33. The molecule has 24 heavy (non-hydrogen) atoms. The van der Waals surface area contributed by atoms with Gasteiger partial charge in [-0.15, -0.1) is 0 Å². The summed E-state index contributed by atoms with van der Waals surface area (Å²) in [5, 5.41) is 0.758. The van der Waals surface area contributed by atoms with Gasteiger partial charge in [-0.05, 0) is 49.3 Å². The Morgan fingerprint density at radius 2 is 2.08 bits per heavy atom. The van der Waals surface area contributed by atoms with Crippen LogP contribution < -0.4 is 5.56 Å². The molecular formula is C18H19F2NO3. The molecule has 4 nitrogen and oxygen atoms in total. The van der Waals surface area contributed by atoms with Gasteiger partial charge in [-0.25, -0.2) is 13.6 Å². The smallest absolute Gasteiger partial charge is 0.329 e. The van der Waals surface area contributed by atoms with Gasteiger partial charge in [0.05, 0.1) is 6.61 Å². The maximum atomic E-state index is 13.5. The number of fused-ring (bicyclic) bond motifs is 1. The number of aromatic nitrogens is 1. The number of hydrogen-bond acceptors (Lipinski definition) is 3. The number of nitrogens with zero attached hydrogens (tertiary/aromatic N) is 1. The van der Waals surface area contributed by atoms with Gasteiger partial charge in [0.15, 0.2) is 0 Å². The number of alkyl halides is 2. The molecule has 0 radical (unpaired) electrons. The van der Waals surface area contributed by atoms with Gasteiger partial charge in [0.2, 0.25) is 0 Å². The fraction of sp³-hybridized carbons (Fsp3) is 0.444. The van der Waals surface area contributed by atoms with Gasteiger partial charge in [0, 0.05) is 24.1 Å². The Morgan fingerprint density at radius 3 is 2.67 bits per heavy atom. The maximum Gasteiger partial charge on any atom is 0.329 e. The van der Waals surface area contributed by atoms with Gasteiger partial charge in [0.1, 0.15) is 6.04 Å². The van der Waals surface area contributed by atoms with Crippen LogP contribution in [0.2, 0.25) is 0 Å². The molecule has 0 spiro atoms. The van der Waals surface area contributed by atoms with E-state index in [-0.39, 0.29) is 23.6 Å². The van der Waals surface area contributed by atoms with Crippen LogP contribution in [0.4, 0.5) is 8.78 Å². The van der Waals surface area contributed by atoms with E-state index in [1.54, 1.807) is 13.0 Å². The standard InChI is InChI=1S/C18H19F2NO3/c1-3-24-17(23)15(11-4-5-11)21-9-8-12-10-13(18(2,19)20)6-7-14(12)16(21)22/h6-11,15H,3-5H2,1-2H3. The van der Waals surface area contributed by atoms with Crippen molar-refractivity contribution in [3.05, 3.63) is 46.4 Å². The molecule has 1 atom stereocenters. The highest BCUT2D eigenvalue weighted by Crippen LogP contribution is 2.40. The molecular weight excluding hydrogens is 316 g/mol. The SMILES string of the molecule is CCOC(=O)C(C1CC1)n1ccc2cc(C(C)(F)F)ccc2c1=O. The van der Waals surface area contributed by atoms with Crippen LogP contribution >= 0.6 is 0 Å². The Kier molecular flexibility index (Phi) is 4.15. The van der Waals surface area contributed by atoms with Crippen LogP contribution in [0.1, 0.15) is 38.3 Å². The fourth-order valence-corrected chi connectivity index (χ4v) is 2.93. The maximum absolute atomic E-state index is 13.5. The first kappa shape index (κ1) is 16.6.